The van der Waals surface area contributed by atoms with Crippen molar-refractivity contribution in [3.8, 4) is 0 Å². The largest absolute Gasteiger partial charge is 0.337 e. The summed E-state index contributed by atoms with van der Waals surface area (Å²) in [5, 5.41) is 3.20. The lowest BCUT2D eigenvalue weighted by atomic mass is 10.1. The van der Waals surface area contributed by atoms with Gasteiger partial charge < -0.3 is 10.2 Å². The van der Waals surface area contributed by atoms with Crippen LogP contribution in [0.5, 0.6) is 0 Å². The molecule has 1 unspecified atom stereocenters. The maximum atomic E-state index is 13.1. The van der Waals surface area contributed by atoms with E-state index in [1.807, 2.05) is 13.0 Å². The maximum absolute atomic E-state index is 13.1. The number of benzene rings is 1. The maximum Gasteiger partial charge on any atom is 0.239 e. The fourth-order valence-corrected chi connectivity index (χ4v) is 2.32. The minimum atomic E-state index is -0.255. The van der Waals surface area contributed by atoms with Gasteiger partial charge in [-0.05, 0) is 44.0 Å². The lowest BCUT2D eigenvalue weighted by Crippen LogP contribution is -2.43. The van der Waals surface area contributed by atoms with Crippen LogP contribution in [0.3, 0.4) is 0 Å². The summed E-state index contributed by atoms with van der Waals surface area (Å²) in [5.74, 6) is -0.130. The van der Waals surface area contributed by atoms with Gasteiger partial charge in [-0.3, -0.25) is 4.79 Å². The van der Waals surface area contributed by atoms with Gasteiger partial charge in [0.15, 0.2) is 0 Å². The van der Waals surface area contributed by atoms with E-state index in [9.17, 15) is 9.18 Å². The molecule has 3 nitrogen and oxygen atoms in total. The van der Waals surface area contributed by atoms with E-state index in [1.54, 1.807) is 11.0 Å². The van der Waals surface area contributed by atoms with Gasteiger partial charge in [0.25, 0.3) is 0 Å². The molecule has 1 aliphatic heterocycles. The van der Waals surface area contributed by atoms with Gasteiger partial charge in [-0.1, -0.05) is 12.1 Å². The van der Waals surface area contributed by atoms with Crippen LogP contribution in [-0.4, -0.2) is 29.9 Å². The van der Waals surface area contributed by atoms with Gasteiger partial charge in [0.05, 0.1) is 6.04 Å². The molecule has 1 amide bonds. The molecule has 5 heteroatoms. The first-order valence-electron chi connectivity index (χ1n) is 6.47. The molecule has 19 heavy (non-hydrogen) atoms. The second-order valence-electron chi connectivity index (χ2n) is 4.63. The molecule has 2 rings (SSSR count). The Hall–Kier alpha value is -1.13. The summed E-state index contributed by atoms with van der Waals surface area (Å²) in [6, 6.07) is 6.37. The van der Waals surface area contributed by atoms with Crippen LogP contribution in [0.1, 0.15) is 25.3 Å². The van der Waals surface area contributed by atoms with Crippen molar-refractivity contribution in [3.63, 3.8) is 0 Å². The standard InChI is InChI=1S/C14H19FN2O.ClH/c1-2-17(14(18)13-7-4-8-16-13)10-11-5-3-6-12(15)9-11;/h3,5-6,9,13,16H,2,4,7-8,10H2,1H3;1H. The molecule has 0 radical (unpaired) electrons. The third-order valence-electron chi connectivity index (χ3n) is 3.31. The van der Waals surface area contributed by atoms with Gasteiger partial charge in [-0.15, -0.1) is 12.4 Å². The van der Waals surface area contributed by atoms with Gasteiger partial charge in [0.2, 0.25) is 5.91 Å². The van der Waals surface area contributed by atoms with Crippen molar-refractivity contribution in [3.05, 3.63) is 35.6 Å². The molecule has 1 aromatic rings. The topological polar surface area (TPSA) is 32.3 Å². The van der Waals surface area contributed by atoms with Crippen LogP contribution < -0.4 is 5.32 Å². The highest BCUT2D eigenvalue weighted by atomic mass is 35.5. The molecule has 0 bridgehead atoms. The number of rotatable bonds is 4. The van der Waals surface area contributed by atoms with Gasteiger partial charge in [0, 0.05) is 13.1 Å². The SMILES string of the molecule is CCN(Cc1cccc(F)c1)C(=O)C1CCCN1.Cl. The van der Waals surface area contributed by atoms with Crippen molar-refractivity contribution in [2.24, 2.45) is 0 Å². The molecule has 0 aliphatic carbocycles. The molecule has 1 fully saturated rings. The summed E-state index contributed by atoms with van der Waals surface area (Å²) >= 11 is 0. The average molecular weight is 287 g/mol. The number of halogens is 2. The number of nitrogens with one attached hydrogen (secondary N) is 1. The van der Waals surface area contributed by atoms with E-state index in [-0.39, 0.29) is 30.2 Å². The Bertz CT molecular complexity index is 422. The number of carbonyl (C=O) groups excluding carboxylic acids is 1. The van der Waals surface area contributed by atoms with E-state index in [0.29, 0.717) is 13.1 Å². The molecular weight excluding hydrogens is 267 g/mol. The molecule has 0 aromatic heterocycles. The van der Waals surface area contributed by atoms with Crippen LogP contribution in [0.25, 0.3) is 0 Å². The monoisotopic (exact) mass is 286 g/mol. The second-order valence-corrected chi connectivity index (χ2v) is 4.63. The van der Waals surface area contributed by atoms with Crippen LogP contribution in [0.2, 0.25) is 0 Å². The van der Waals surface area contributed by atoms with Crippen LogP contribution in [0.15, 0.2) is 24.3 Å². The fraction of sp³-hybridized carbons (Fsp3) is 0.500. The molecule has 1 aromatic carbocycles. The van der Waals surface area contributed by atoms with Gasteiger partial charge >= 0.3 is 0 Å². The quantitative estimate of drug-likeness (QED) is 0.921. The summed E-state index contributed by atoms with van der Waals surface area (Å²) in [7, 11) is 0. The Kier molecular flexibility index (Phi) is 6.25. The van der Waals surface area contributed by atoms with Crippen LogP contribution >= 0.6 is 12.4 Å². The van der Waals surface area contributed by atoms with E-state index in [1.165, 1.54) is 12.1 Å². The van der Waals surface area contributed by atoms with E-state index in [2.05, 4.69) is 5.32 Å². The summed E-state index contributed by atoms with van der Waals surface area (Å²) in [6.07, 6.45) is 1.95. The van der Waals surface area contributed by atoms with E-state index < -0.39 is 0 Å². The Morgan fingerprint density at radius 3 is 2.89 bits per heavy atom. The number of amides is 1. The zero-order valence-electron chi connectivity index (χ0n) is 11.1. The Morgan fingerprint density at radius 2 is 2.32 bits per heavy atom. The fourth-order valence-electron chi connectivity index (χ4n) is 2.32. The highest BCUT2D eigenvalue weighted by Crippen LogP contribution is 2.12. The number of hydrogen-bond acceptors (Lipinski definition) is 2. The molecule has 1 saturated heterocycles. The smallest absolute Gasteiger partial charge is 0.239 e. The second kappa shape index (κ2) is 7.46. The Labute approximate surface area is 119 Å². The van der Waals surface area contributed by atoms with Crippen LogP contribution in [0.4, 0.5) is 4.39 Å². The minimum Gasteiger partial charge on any atom is -0.337 e. The Morgan fingerprint density at radius 1 is 1.53 bits per heavy atom. The van der Waals surface area contributed by atoms with Gasteiger partial charge in [0.1, 0.15) is 5.82 Å². The molecule has 1 heterocycles. The van der Waals surface area contributed by atoms with E-state index in [0.717, 1.165) is 24.9 Å². The van der Waals surface area contributed by atoms with Crippen molar-refractivity contribution in [2.75, 3.05) is 13.1 Å². The average Bonchev–Trinajstić information content (AvgIpc) is 2.89. The van der Waals surface area contributed by atoms with Crippen molar-refractivity contribution >= 4 is 18.3 Å². The number of likely N-dealkylation sites (N-methyl/N-ethyl adjacent to an activating group) is 1. The lowest BCUT2D eigenvalue weighted by molar-refractivity contribution is -0.133. The van der Waals surface area contributed by atoms with Crippen molar-refractivity contribution in [1.82, 2.24) is 10.2 Å². The van der Waals surface area contributed by atoms with E-state index >= 15 is 0 Å². The molecule has 0 spiro atoms. The minimum absolute atomic E-state index is 0. The van der Waals surface area contributed by atoms with Crippen molar-refractivity contribution < 1.29 is 9.18 Å². The van der Waals surface area contributed by atoms with Crippen LogP contribution in [-0.2, 0) is 11.3 Å². The summed E-state index contributed by atoms with van der Waals surface area (Å²) in [4.78, 5) is 14.0. The summed E-state index contributed by atoms with van der Waals surface area (Å²) < 4.78 is 13.1. The predicted octanol–water partition coefficient (Wildman–Crippen LogP) is 2.35. The molecular formula is C14H20ClFN2O. The molecule has 106 valence electrons. The zero-order valence-corrected chi connectivity index (χ0v) is 11.9. The van der Waals surface area contributed by atoms with Gasteiger partial charge in [-0.25, -0.2) is 4.39 Å². The summed E-state index contributed by atoms with van der Waals surface area (Å²) in [6.45, 7) is 3.98. The first-order chi connectivity index (χ1) is 8.70. The number of nitrogens with zero attached hydrogens (tertiary/aromatic N) is 1. The highest BCUT2D eigenvalue weighted by molar-refractivity contribution is 5.85. The lowest BCUT2D eigenvalue weighted by Gasteiger charge is -2.24. The normalized spacial score (nSPS) is 17.9. The van der Waals surface area contributed by atoms with E-state index in [4.69, 9.17) is 0 Å². The molecule has 0 saturated carbocycles. The summed E-state index contributed by atoms with van der Waals surface area (Å²) in [5.41, 5.74) is 0.836. The predicted molar refractivity (Wildman–Crippen MR) is 75.8 cm³/mol. The zero-order chi connectivity index (χ0) is 13.0. The number of carbonyl (C=O) groups is 1. The molecule has 1 aliphatic rings. The van der Waals surface area contributed by atoms with Gasteiger partial charge in [-0.2, -0.15) is 0 Å². The molecule has 1 N–H and O–H groups in total. The third kappa shape index (κ3) is 4.18. The van der Waals surface area contributed by atoms with Crippen LogP contribution in [0, 0.1) is 5.82 Å². The van der Waals surface area contributed by atoms with Crippen molar-refractivity contribution in [1.29, 1.82) is 0 Å². The first-order valence-corrected chi connectivity index (χ1v) is 6.47. The number of hydrogen-bond donors (Lipinski definition) is 1. The Balaban J connectivity index is 0.00000180. The highest BCUT2D eigenvalue weighted by Gasteiger charge is 2.25. The molecule has 1 atom stereocenters. The third-order valence-corrected chi connectivity index (χ3v) is 3.31. The first kappa shape index (κ1) is 15.9. The van der Waals surface area contributed by atoms with Crippen molar-refractivity contribution in [2.45, 2.75) is 32.4 Å².